The van der Waals surface area contributed by atoms with E-state index < -0.39 is 17.8 Å². The van der Waals surface area contributed by atoms with Gasteiger partial charge < -0.3 is 15.7 Å². The molecule has 0 aliphatic carbocycles. The monoisotopic (exact) mass is 326 g/mol. The van der Waals surface area contributed by atoms with Crippen LogP contribution < -0.4 is 10.6 Å². The Morgan fingerprint density at radius 1 is 0.958 bits per heavy atom. The molecule has 0 radical (unpaired) electrons. The normalized spacial score (nSPS) is 10.1. The van der Waals surface area contributed by atoms with Crippen LogP contribution in [0.15, 0.2) is 42.5 Å². The van der Waals surface area contributed by atoms with Gasteiger partial charge in [-0.25, -0.2) is 4.79 Å². The van der Waals surface area contributed by atoms with Gasteiger partial charge in [-0.3, -0.25) is 9.59 Å². The predicted octanol–water partition coefficient (Wildman–Crippen LogP) is 2.56. The second-order valence-corrected chi connectivity index (χ2v) is 5.15. The lowest BCUT2D eigenvalue weighted by Crippen LogP contribution is -2.22. The molecular weight excluding hydrogens is 308 g/mol. The van der Waals surface area contributed by atoms with Gasteiger partial charge in [0.2, 0.25) is 0 Å². The summed E-state index contributed by atoms with van der Waals surface area (Å²) in [6.07, 6.45) is 0.903. The first kappa shape index (κ1) is 17.2. The number of rotatable bonds is 5. The van der Waals surface area contributed by atoms with Crippen molar-refractivity contribution in [3.63, 3.8) is 0 Å². The Bertz CT molecular complexity index is 782. The van der Waals surface area contributed by atoms with Gasteiger partial charge in [-0.05, 0) is 42.3 Å². The van der Waals surface area contributed by atoms with Gasteiger partial charge in [0.1, 0.15) is 0 Å². The van der Waals surface area contributed by atoms with Crippen LogP contribution in [-0.4, -0.2) is 29.9 Å². The van der Waals surface area contributed by atoms with Gasteiger partial charge in [-0.15, -0.1) is 0 Å². The van der Waals surface area contributed by atoms with E-state index in [2.05, 4.69) is 10.6 Å². The third-order valence-corrected chi connectivity index (χ3v) is 3.60. The second kappa shape index (κ2) is 7.41. The summed E-state index contributed by atoms with van der Waals surface area (Å²) in [6.45, 7) is 2.04. The minimum atomic E-state index is -1.23. The van der Waals surface area contributed by atoms with Crippen molar-refractivity contribution >= 4 is 23.5 Å². The summed E-state index contributed by atoms with van der Waals surface area (Å²) < 4.78 is 0. The number of amides is 2. The number of carboxylic acid groups (broad SMARTS) is 1. The van der Waals surface area contributed by atoms with Gasteiger partial charge in [0.05, 0.1) is 11.1 Å². The zero-order chi connectivity index (χ0) is 17.7. The number of benzene rings is 2. The van der Waals surface area contributed by atoms with Crippen molar-refractivity contribution in [2.45, 2.75) is 13.3 Å². The Morgan fingerprint density at radius 2 is 1.62 bits per heavy atom. The predicted molar refractivity (Wildman–Crippen MR) is 90.6 cm³/mol. The number of carbonyl (C=O) groups is 3. The molecule has 2 aromatic rings. The number of nitrogens with one attached hydrogen (secondary N) is 2. The first-order chi connectivity index (χ1) is 11.5. The molecule has 0 aliphatic rings. The van der Waals surface area contributed by atoms with E-state index in [-0.39, 0.29) is 16.7 Å². The summed E-state index contributed by atoms with van der Waals surface area (Å²) in [5.74, 6) is -2.20. The lowest BCUT2D eigenvalue weighted by atomic mass is 10.0. The molecular formula is C18H18N2O4. The van der Waals surface area contributed by atoms with Gasteiger partial charge in [0.15, 0.2) is 0 Å². The maximum Gasteiger partial charge on any atom is 0.336 e. The summed E-state index contributed by atoms with van der Waals surface area (Å²) in [5.41, 5.74) is 1.78. The van der Waals surface area contributed by atoms with Gasteiger partial charge in [-0.2, -0.15) is 0 Å². The molecule has 6 nitrogen and oxygen atoms in total. The van der Waals surface area contributed by atoms with Crippen molar-refractivity contribution in [3.05, 3.63) is 64.7 Å². The van der Waals surface area contributed by atoms with Crippen LogP contribution in [0.25, 0.3) is 0 Å². The average Bonchev–Trinajstić information content (AvgIpc) is 2.61. The summed E-state index contributed by atoms with van der Waals surface area (Å²) in [6, 6.07) is 11.3. The SMILES string of the molecule is CCc1ccc(NC(=O)c2ccc(C(=O)O)c(C(=O)NC)c2)cc1. The number of carbonyl (C=O) groups excluding carboxylic acids is 2. The fraction of sp³-hybridized carbons (Fsp3) is 0.167. The van der Waals surface area contributed by atoms with Crippen LogP contribution in [0.5, 0.6) is 0 Å². The van der Waals surface area contributed by atoms with E-state index in [4.69, 9.17) is 5.11 Å². The van der Waals surface area contributed by atoms with Crippen molar-refractivity contribution in [1.29, 1.82) is 0 Å². The molecule has 124 valence electrons. The minimum absolute atomic E-state index is 0.0565. The maximum absolute atomic E-state index is 12.3. The molecule has 2 rings (SSSR count). The van der Waals surface area contributed by atoms with Crippen LogP contribution >= 0.6 is 0 Å². The Kier molecular flexibility index (Phi) is 5.31. The third kappa shape index (κ3) is 3.78. The fourth-order valence-electron chi connectivity index (χ4n) is 2.22. The van der Waals surface area contributed by atoms with Crippen LogP contribution in [0.2, 0.25) is 0 Å². The van der Waals surface area contributed by atoms with E-state index in [9.17, 15) is 14.4 Å². The molecule has 0 spiro atoms. The molecule has 24 heavy (non-hydrogen) atoms. The van der Waals surface area contributed by atoms with Gasteiger partial charge in [0.25, 0.3) is 11.8 Å². The first-order valence-electron chi connectivity index (χ1n) is 7.46. The zero-order valence-corrected chi connectivity index (χ0v) is 13.4. The molecule has 0 bridgehead atoms. The molecule has 3 N–H and O–H groups in total. The number of aromatic carboxylic acids is 1. The number of carboxylic acids is 1. The lowest BCUT2D eigenvalue weighted by Gasteiger charge is -2.09. The average molecular weight is 326 g/mol. The first-order valence-corrected chi connectivity index (χ1v) is 7.46. The third-order valence-electron chi connectivity index (χ3n) is 3.60. The highest BCUT2D eigenvalue weighted by atomic mass is 16.4. The molecule has 0 atom stereocenters. The van der Waals surface area contributed by atoms with E-state index in [1.54, 1.807) is 12.1 Å². The summed E-state index contributed by atoms with van der Waals surface area (Å²) >= 11 is 0. The Hall–Kier alpha value is -3.15. The highest BCUT2D eigenvalue weighted by Crippen LogP contribution is 2.16. The smallest absolute Gasteiger partial charge is 0.336 e. The van der Waals surface area contributed by atoms with Crippen molar-refractivity contribution in [1.82, 2.24) is 5.32 Å². The van der Waals surface area contributed by atoms with Crippen LogP contribution in [-0.2, 0) is 6.42 Å². The molecule has 0 aromatic heterocycles. The van der Waals surface area contributed by atoms with Crippen molar-refractivity contribution in [2.24, 2.45) is 0 Å². The summed E-state index contributed by atoms with van der Waals surface area (Å²) in [7, 11) is 1.40. The molecule has 0 fully saturated rings. The second-order valence-electron chi connectivity index (χ2n) is 5.15. The molecule has 0 heterocycles. The highest BCUT2D eigenvalue weighted by Gasteiger charge is 2.18. The number of hydrogen-bond donors (Lipinski definition) is 3. The fourth-order valence-corrected chi connectivity index (χ4v) is 2.22. The van der Waals surface area contributed by atoms with Gasteiger partial charge >= 0.3 is 5.97 Å². The van der Waals surface area contributed by atoms with E-state index in [0.717, 1.165) is 12.0 Å². The van der Waals surface area contributed by atoms with Crippen LogP contribution in [0.3, 0.4) is 0 Å². The molecule has 0 saturated heterocycles. The van der Waals surface area contributed by atoms with E-state index >= 15 is 0 Å². The zero-order valence-electron chi connectivity index (χ0n) is 13.4. The Balaban J connectivity index is 2.28. The van der Waals surface area contributed by atoms with E-state index in [1.165, 1.54) is 25.2 Å². The summed E-state index contributed by atoms with van der Waals surface area (Å²) in [5, 5.41) is 14.2. The molecule has 0 aliphatic heterocycles. The Morgan fingerprint density at radius 3 is 2.17 bits per heavy atom. The lowest BCUT2D eigenvalue weighted by molar-refractivity contribution is 0.0690. The molecule has 6 heteroatoms. The molecule has 0 unspecified atom stereocenters. The summed E-state index contributed by atoms with van der Waals surface area (Å²) in [4.78, 5) is 35.4. The van der Waals surface area contributed by atoms with Gasteiger partial charge in [0, 0.05) is 18.3 Å². The van der Waals surface area contributed by atoms with Crippen molar-refractivity contribution in [3.8, 4) is 0 Å². The maximum atomic E-state index is 12.3. The Labute approximate surface area is 139 Å². The van der Waals surface area contributed by atoms with Crippen LogP contribution in [0, 0.1) is 0 Å². The quantitative estimate of drug-likeness (QED) is 0.787. The number of anilines is 1. The molecule has 2 amide bonds. The molecule has 0 saturated carbocycles. The molecule has 2 aromatic carbocycles. The number of hydrogen-bond acceptors (Lipinski definition) is 3. The minimum Gasteiger partial charge on any atom is -0.478 e. The van der Waals surface area contributed by atoms with Crippen molar-refractivity contribution in [2.75, 3.05) is 12.4 Å². The largest absolute Gasteiger partial charge is 0.478 e. The van der Waals surface area contributed by atoms with E-state index in [0.29, 0.717) is 5.69 Å². The highest BCUT2D eigenvalue weighted by molar-refractivity contribution is 6.09. The van der Waals surface area contributed by atoms with E-state index in [1.807, 2.05) is 19.1 Å². The standard InChI is InChI=1S/C18H18N2O4/c1-3-11-4-7-13(8-5-11)20-16(21)12-6-9-14(18(23)24)15(10-12)17(22)19-2/h4-10H,3H2,1-2H3,(H,19,22)(H,20,21)(H,23,24). The number of aryl methyl sites for hydroxylation is 1. The van der Waals surface area contributed by atoms with Crippen LogP contribution in [0.4, 0.5) is 5.69 Å². The van der Waals surface area contributed by atoms with Gasteiger partial charge in [-0.1, -0.05) is 19.1 Å². The van der Waals surface area contributed by atoms with Crippen LogP contribution in [0.1, 0.15) is 43.6 Å². The topological polar surface area (TPSA) is 95.5 Å². The van der Waals surface area contributed by atoms with Crippen molar-refractivity contribution < 1.29 is 19.5 Å².